The molecular formula is C9H6Cl2O3S2. The smallest absolute Gasteiger partial charge is 0.282 e. The van der Waals surface area contributed by atoms with E-state index in [1.165, 1.54) is 17.4 Å². The van der Waals surface area contributed by atoms with E-state index in [4.69, 9.17) is 27.8 Å². The van der Waals surface area contributed by atoms with Crippen molar-refractivity contribution in [1.29, 1.82) is 0 Å². The maximum absolute atomic E-state index is 11.2. The third kappa shape index (κ3) is 1.94. The van der Waals surface area contributed by atoms with Crippen molar-refractivity contribution in [2.24, 2.45) is 0 Å². The van der Waals surface area contributed by atoms with Crippen molar-refractivity contribution >= 4 is 54.7 Å². The molecule has 0 fully saturated rings. The summed E-state index contributed by atoms with van der Waals surface area (Å²) in [5.41, 5.74) is 0. The van der Waals surface area contributed by atoms with Crippen LogP contribution in [0.2, 0.25) is 10.0 Å². The maximum Gasteiger partial charge on any atom is 0.296 e. The zero-order chi connectivity index (χ0) is 12.1. The Balaban J connectivity index is 3.01. The number of benzene rings is 1. The summed E-state index contributed by atoms with van der Waals surface area (Å²) in [4.78, 5) is 0.357. The molecule has 0 aliphatic rings. The molecule has 1 aromatic heterocycles. The lowest BCUT2D eigenvalue weighted by atomic mass is 10.2. The van der Waals surface area contributed by atoms with Crippen LogP contribution in [0, 0.1) is 6.92 Å². The lowest BCUT2D eigenvalue weighted by Crippen LogP contribution is -1.98. The Morgan fingerprint density at radius 1 is 1.31 bits per heavy atom. The number of hydrogen-bond donors (Lipinski definition) is 1. The molecule has 0 radical (unpaired) electrons. The number of halogens is 2. The second kappa shape index (κ2) is 3.85. The zero-order valence-electron chi connectivity index (χ0n) is 7.99. The molecule has 0 unspecified atom stereocenters. The summed E-state index contributed by atoms with van der Waals surface area (Å²) in [5, 5.41) is 0.983. The Kier molecular flexibility index (Phi) is 2.92. The van der Waals surface area contributed by atoms with Crippen LogP contribution in [0.4, 0.5) is 0 Å². The van der Waals surface area contributed by atoms with Gasteiger partial charge in [0.25, 0.3) is 10.1 Å². The standard InChI is InChI=1S/C9H6Cl2O3S2/c1-4-9(16(12,13)14)8-6(11)2-5(10)3-7(8)15-4/h2-3H,1H3,(H,12,13,14). The molecule has 7 heteroatoms. The van der Waals surface area contributed by atoms with Crippen LogP contribution in [0.15, 0.2) is 17.0 Å². The average molecular weight is 297 g/mol. The normalized spacial score (nSPS) is 12.2. The predicted octanol–water partition coefficient (Wildman–Crippen LogP) is 3.76. The van der Waals surface area contributed by atoms with Crippen LogP contribution >= 0.6 is 34.5 Å². The Morgan fingerprint density at radius 2 is 1.94 bits per heavy atom. The fourth-order valence-corrected chi connectivity index (χ4v) is 4.68. The number of fused-ring (bicyclic) bond motifs is 1. The highest BCUT2D eigenvalue weighted by Gasteiger charge is 2.22. The first-order chi connectivity index (χ1) is 7.30. The van der Waals surface area contributed by atoms with Gasteiger partial charge < -0.3 is 0 Å². The van der Waals surface area contributed by atoms with E-state index in [9.17, 15) is 8.42 Å². The molecule has 2 rings (SSSR count). The van der Waals surface area contributed by atoms with Gasteiger partial charge in [-0.2, -0.15) is 8.42 Å². The van der Waals surface area contributed by atoms with Gasteiger partial charge >= 0.3 is 0 Å². The summed E-state index contributed by atoms with van der Waals surface area (Å²) in [6.07, 6.45) is 0. The van der Waals surface area contributed by atoms with Gasteiger partial charge in [-0.25, -0.2) is 0 Å². The quantitative estimate of drug-likeness (QED) is 0.815. The van der Waals surface area contributed by atoms with Crippen molar-refractivity contribution in [3.63, 3.8) is 0 Å². The fraction of sp³-hybridized carbons (Fsp3) is 0.111. The molecule has 3 nitrogen and oxygen atoms in total. The summed E-state index contributed by atoms with van der Waals surface area (Å²) in [7, 11) is -4.27. The van der Waals surface area contributed by atoms with Crippen molar-refractivity contribution in [2.45, 2.75) is 11.8 Å². The molecule has 0 aliphatic heterocycles. The molecule has 0 amide bonds. The molecule has 0 atom stereocenters. The van der Waals surface area contributed by atoms with Crippen LogP contribution < -0.4 is 0 Å². The van der Waals surface area contributed by atoms with Gasteiger partial charge in [0.1, 0.15) is 4.90 Å². The van der Waals surface area contributed by atoms with Gasteiger partial charge in [0.2, 0.25) is 0 Å². The summed E-state index contributed by atoms with van der Waals surface area (Å²) in [5.74, 6) is 0. The predicted molar refractivity (Wildman–Crippen MR) is 66.4 cm³/mol. The fourth-order valence-electron chi connectivity index (χ4n) is 1.55. The molecule has 1 N–H and O–H groups in total. The molecule has 0 saturated carbocycles. The first-order valence-electron chi connectivity index (χ1n) is 4.16. The average Bonchev–Trinajstić information content (AvgIpc) is 2.39. The first kappa shape index (κ1) is 12.1. The number of aryl methyl sites for hydroxylation is 1. The highest BCUT2D eigenvalue weighted by molar-refractivity contribution is 7.86. The SMILES string of the molecule is Cc1sc2cc(Cl)cc(Cl)c2c1S(=O)(=O)O. The second-order valence-corrected chi connectivity index (χ2v) is 6.68. The van der Waals surface area contributed by atoms with E-state index in [0.717, 1.165) is 0 Å². The summed E-state index contributed by atoms with van der Waals surface area (Å²) < 4.78 is 32.3. The van der Waals surface area contributed by atoms with Crippen LogP contribution in [0.1, 0.15) is 4.88 Å². The van der Waals surface area contributed by atoms with Gasteiger partial charge in [-0.3, -0.25) is 4.55 Å². The van der Waals surface area contributed by atoms with Gasteiger partial charge in [-0.05, 0) is 19.1 Å². The largest absolute Gasteiger partial charge is 0.296 e. The number of rotatable bonds is 1. The lowest BCUT2D eigenvalue weighted by Gasteiger charge is -1.99. The Bertz CT molecular complexity index is 674. The van der Waals surface area contributed by atoms with Crippen LogP contribution in [-0.2, 0) is 10.1 Å². The van der Waals surface area contributed by atoms with E-state index in [0.29, 0.717) is 20.0 Å². The molecule has 0 spiro atoms. The molecule has 86 valence electrons. The zero-order valence-corrected chi connectivity index (χ0v) is 11.1. The second-order valence-electron chi connectivity index (χ2n) is 3.22. The third-order valence-electron chi connectivity index (χ3n) is 2.09. The van der Waals surface area contributed by atoms with Crippen LogP contribution in [0.25, 0.3) is 10.1 Å². The van der Waals surface area contributed by atoms with Gasteiger partial charge in [-0.15, -0.1) is 11.3 Å². The van der Waals surface area contributed by atoms with Crippen molar-refractivity contribution < 1.29 is 13.0 Å². The van der Waals surface area contributed by atoms with Crippen molar-refractivity contribution in [1.82, 2.24) is 0 Å². The molecule has 0 saturated heterocycles. The maximum atomic E-state index is 11.2. The highest BCUT2D eigenvalue weighted by Crippen LogP contribution is 2.40. The molecule has 1 heterocycles. The number of hydrogen-bond acceptors (Lipinski definition) is 3. The van der Waals surface area contributed by atoms with E-state index in [1.807, 2.05) is 0 Å². The Labute approximate surface area is 106 Å². The molecule has 2 aromatic rings. The topological polar surface area (TPSA) is 54.4 Å². The van der Waals surface area contributed by atoms with Crippen LogP contribution in [0.5, 0.6) is 0 Å². The Hall–Kier alpha value is -0.330. The Morgan fingerprint density at radius 3 is 2.50 bits per heavy atom. The van der Waals surface area contributed by atoms with Crippen molar-refractivity contribution in [3.8, 4) is 0 Å². The van der Waals surface area contributed by atoms with E-state index in [2.05, 4.69) is 0 Å². The molecule has 16 heavy (non-hydrogen) atoms. The molecule has 0 aliphatic carbocycles. The lowest BCUT2D eigenvalue weighted by molar-refractivity contribution is 0.484. The number of thiophene rings is 1. The minimum Gasteiger partial charge on any atom is -0.282 e. The molecule has 0 bridgehead atoms. The summed E-state index contributed by atoms with van der Waals surface area (Å²) in [6.45, 7) is 1.61. The van der Waals surface area contributed by atoms with Gasteiger partial charge in [0.05, 0.1) is 5.02 Å². The monoisotopic (exact) mass is 296 g/mol. The first-order valence-corrected chi connectivity index (χ1v) is 7.17. The molecule has 1 aromatic carbocycles. The highest BCUT2D eigenvalue weighted by atomic mass is 35.5. The molecular weight excluding hydrogens is 291 g/mol. The van der Waals surface area contributed by atoms with E-state index in [1.54, 1.807) is 13.0 Å². The van der Waals surface area contributed by atoms with E-state index < -0.39 is 10.1 Å². The summed E-state index contributed by atoms with van der Waals surface area (Å²) >= 11 is 13.0. The minimum atomic E-state index is -4.27. The van der Waals surface area contributed by atoms with Crippen LogP contribution in [0.3, 0.4) is 0 Å². The van der Waals surface area contributed by atoms with Gasteiger partial charge in [-0.1, -0.05) is 23.2 Å². The van der Waals surface area contributed by atoms with Crippen molar-refractivity contribution in [3.05, 3.63) is 27.1 Å². The van der Waals surface area contributed by atoms with Gasteiger partial charge in [0, 0.05) is 20.0 Å². The minimum absolute atomic E-state index is 0.130. The van der Waals surface area contributed by atoms with Crippen LogP contribution in [-0.4, -0.2) is 13.0 Å². The van der Waals surface area contributed by atoms with E-state index >= 15 is 0 Å². The van der Waals surface area contributed by atoms with Gasteiger partial charge in [0.15, 0.2) is 0 Å². The summed E-state index contributed by atoms with van der Waals surface area (Å²) in [6, 6.07) is 3.07. The third-order valence-corrected chi connectivity index (χ3v) is 4.81. The van der Waals surface area contributed by atoms with E-state index in [-0.39, 0.29) is 9.92 Å². The van der Waals surface area contributed by atoms with Crippen molar-refractivity contribution in [2.75, 3.05) is 0 Å².